The molecule has 1 aromatic heterocycles. The molecule has 2 heterocycles. The van der Waals surface area contributed by atoms with E-state index in [-0.39, 0.29) is 0 Å². The summed E-state index contributed by atoms with van der Waals surface area (Å²) < 4.78 is 1.82. The number of nitrogens with zero attached hydrogens (tertiary/aromatic N) is 5. The average molecular weight is 482 g/mol. The molecule has 0 spiro atoms. The Kier molecular flexibility index (Phi) is 5.03. The SMILES string of the molecule is CC1(c2ccc3ccccc3c2)NC(=O)N(CC(=O)Nc2ccc(-c3nnnn3C3CC3)cc2)C1=O. The van der Waals surface area contributed by atoms with Crippen LogP contribution in [0.3, 0.4) is 0 Å². The molecule has 1 atom stereocenters. The van der Waals surface area contributed by atoms with Crippen LogP contribution in [-0.4, -0.2) is 49.5 Å². The van der Waals surface area contributed by atoms with Crippen molar-refractivity contribution in [3.05, 3.63) is 72.3 Å². The predicted molar refractivity (Wildman–Crippen MR) is 132 cm³/mol. The summed E-state index contributed by atoms with van der Waals surface area (Å²) >= 11 is 0. The van der Waals surface area contributed by atoms with E-state index in [1.54, 1.807) is 19.1 Å². The Morgan fingerprint density at radius 2 is 1.81 bits per heavy atom. The van der Waals surface area contributed by atoms with E-state index in [0.29, 0.717) is 23.1 Å². The highest BCUT2D eigenvalue weighted by atomic mass is 16.2. The summed E-state index contributed by atoms with van der Waals surface area (Å²) in [6.45, 7) is 1.26. The van der Waals surface area contributed by atoms with Crippen LogP contribution in [-0.2, 0) is 15.1 Å². The minimum absolute atomic E-state index is 0.346. The number of rotatable bonds is 6. The van der Waals surface area contributed by atoms with Crippen molar-refractivity contribution in [1.29, 1.82) is 0 Å². The van der Waals surface area contributed by atoms with Gasteiger partial charge in [-0.15, -0.1) is 5.10 Å². The molecular weight excluding hydrogens is 458 g/mol. The van der Waals surface area contributed by atoms with Gasteiger partial charge in [-0.3, -0.25) is 14.5 Å². The van der Waals surface area contributed by atoms with E-state index in [1.165, 1.54) is 0 Å². The van der Waals surface area contributed by atoms with Crippen LogP contribution in [0.15, 0.2) is 66.7 Å². The highest BCUT2D eigenvalue weighted by molar-refractivity contribution is 6.10. The van der Waals surface area contributed by atoms with Gasteiger partial charge in [0.2, 0.25) is 5.91 Å². The lowest BCUT2D eigenvalue weighted by molar-refractivity contribution is -0.133. The molecule has 10 nitrogen and oxygen atoms in total. The monoisotopic (exact) mass is 481 g/mol. The van der Waals surface area contributed by atoms with Crippen molar-refractivity contribution in [3.8, 4) is 11.4 Å². The summed E-state index contributed by atoms with van der Waals surface area (Å²) in [5.41, 5.74) is 0.782. The number of amides is 4. The van der Waals surface area contributed by atoms with E-state index >= 15 is 0 Å². The topological polar surface area (TPSA) is 122 Å². The number of carbonyl (C=O) groups excluding carboxylic acids is 3. The van der Waals surface area contributed by atoms with Crippen LogP contribution in [0, 0.1) is 0 Å². The first-order valence-electron chi connectivity index (χ1n) is 11.7. The molecule has 180 valence electrons. The number of nitrogens with one attached hydrogen (secondary N) is 2. The number of tetrazole rings is 1. The molecule has 2 aliphatic rings. The fourth-order valence-corrected chi connectivity index (χ4v) is 4.53. The van der Waals surface area contributed by atoms with Crippen LogP contribution in [0.25, 0.3) is 22.2 Å². The Morgan fingerprint density at radius 3 is 2.56 bits per heavy atom. The molecule has 1 saturated heterocycles. The predicted octanol–water partition coefficient (Wildman–Crippen LogP) is 3.23. The van der Waals surface area contributed by atoms with E-state index in [9.17, 15) is 14.4 Å². The minimum Gasteiger partial charge on any atom is -0.325 e. The molecule has 6 rings (SSSR count). The van der Waals surface area contributed by atoms with Crippen LogP contribution in [0.2, 0.25) is 0 Å². The van der Waals surface area contributed by atoms with Gasteiger partial charge in [0.25, 0.3) is 5.91 Å². The summed E-state index contributed by atoms with van der Waals surface area (Å²) in [7, 11) is 0. The number of benzene rings is 3. The molecule has 4 amide bonds. The van der Waals surface area contributed by atoms with Crippen LogP contribution >= 0.6 is 0 Å². The van der Waals surface area contributed by atoms with Gasteiger partial charge < -0.3 is 10.6 Å². The smallest absolute Gasteiger partial charge is 0.325 e. The number of carbonyl (C=O) groups is 3. The van der Waals surface area contributed by atoms with Gasteiger partial charge in [-0.05, 0) is 76.9 Å². The number of urea groups is 1. The molecule has 3 aromatic carbocycles. The maximum absolute atomic E-state index is 13.3. The lowest BCUT2D eigenvalue weighted by atomic mass is 9.90. The molecule has 4 aromatic rings. The summed E-state index contributed by atoms with van der Waals surface area (Å²) in [6, 6.07) is 20.3. The molecule has 36 heavy (non-hydrogen) atoms. The molecule has 1 unspecified atom stereocenters. The molecule has 10 heteroatoms. The van der Waals surface area contributed by atoms with Crippen LogP contribution in [0.1, 0.15) is 31.4 Å². The van der Waals surface area contributed by atoms with Gasteiger partial charge >= 0.3 is 6.03 Å². The van der Waals surface area contributed by atoms with E-state index in [0.717, 1.165) is 34.1 Å². The number of fused-ring (bicyclic) bond motifs is 1. The summed E-state index contributed by atoms with van der Waals surface area (Å²) in [6.07, 6.45) is 2.13. The van der Waals surface area contributed by atoms with E-state index < -0.39 is 29.9 Å². The zero-order chi connectivity index (χ0) is 24.9. The molecule has 1 aliphatic carbocycles. The van der Waals surface area contributed by atoms with Gasteiger partial charge in [0.15, 0.2) is 5.82 Å². The van der Waals surface area contributed by atoms with Gasteiger partial charge in [-0.25, -0.2) is 9.48 Å². The standard InChI is InChI=1S/C26H23N7O3/c1-26(19-9-6-16-4-2-3-5-18(16)14-19)24(35)32(25(36)28-26)15-22(34)27-20-10-7-17(8-11-20)23-29-30-31-33(23)21-12-13-21/h2-11,14,21H,12-13,15H2,1H3,(H,27,34)(H,28,36). The second-order valence-electron chi connectivity index (χ2n) is 9.31. The van der Waals surface area contributed by atoms with E-state index in [2.05, 4.69) is 26.2 Å². The van der Waals surface area contributed by atoms with Crippen molar-refractivity contribution in [1.82, 2.24) is 30.4 Å². The lowest BCUT2D eigenvalue weighted by Crippen LogP contribution is -2.42. The first-order chi connectivity index (χ1) is 17.4. The molecule has 2 N–H and O–H groups in total. The Hall–Kier alpha value is -4.60. The zero-order valence-electron chi connectivity index (χ0n) is 19.5. The highest BCUT2D eigenvalue weighted by Crippen LogP contribution is 2.36. The van der Waals surface area contributed by atoms with Gasteiger partial charge in [0.05, 0.1) is 6.04 Å². The first kappa shape index (κ1) is 21.9. The number of hydrogen-bond acceptors (Lipinski definition) is 6. The Morgan fingerprint density at radius 1 is 1.06 bits per heavy atom. The number of hydrogen-bond donors (Lipinski definition) is 2. The average Bonchev–Trinajstić information content (AvgIpc) is 3.57. The fraction of sp³-hybridized carbons (Fsp3) is 0.231. The first-order valence-corrected chi connectivity index (χ1v) is 11.7. The Bertz CT molecular complexity index is 1510. The second kappa shape index (κ2) is 8.26. The normalized spacial score (nSPS) is 19.5. The Labute approximate surface area is 206 Å². The number of anilines is 1. The second-order valence-corrected chi connectivity index (χ2v) is 9.31. The quantitative estimate of drug-likeness (QED) is 0.408. The summed E-state index contributed by atoms with van der Waals surface area (Å²) in [5.74, 6) is -0.264. The van der Waals surface area contributed by atoms with Crippen LogP contribution in [0.4, 0.5) is 10.5 Å². The third kappa shape index (κ3) is 3.76. The van der Waals surface area contributed by atoms with Crippen molar-refractivity contribution in [3.63, 3.8) is 0 Å². The maximum Gasteiger partial charge on any atom is 0.325 e. The largest absolute Gasteiger partial charge is 0.325 e. The van der Waals surface area contributed by atoms with Crippen molar-refractivity contribution < 1.29 is 14.4 Å². The van der Waals surface area contributed by atoms with Crippen molar-refractivity contribution in [2.45, 2.75) is 31.3 Å². The maximum atomic E-state index is 13.3. The van der Waals surface area contributed by atoms with E-state index in [4.69, 9.17) is 0 Å². The van der Waals surface area contributed by atoms with Crippen LogP contribution in [0.5, 0.6) is 0 Å². The molecule has 1 saturated carbocycles. The molecule has 0 radical (unpaired) electrons. The molecule has 0 bridgehead atoms. The Balaban J connectivity index is 1.15. The third-order valence-electron chi connectivity index (χ3n) is 6.72. The third-order valence-corrected chi connectivity index (χ3v) is 6.72. The summed E-state index contributed by atoms with van der Waals surface area (Å²) in [5, 5.41) is 19.4. The van der Waals surface area contributed by atoms with Crippen molar-refractivity contribution >= 4 is 34.3 Å². The number of imide groups is 1. The van der Waals surface area contributed by atoms with Crippen molar-refractivity contribution in [2.75, 3.05) is 11.9 Å². The highest BCUT2D eigenvalue weighted by Gasteiger charge is 2.49. The minimum atomic E-state index is -1.26. The van der Waals surface area contributed by atoms with Gasteiger partial charge in [-0.2, -0.15) is 0 Å². The van der Waals surface area contributed by atoms with Crippen LogP contribution < -0.4 is 10.6 Å². The fourth-order valence-electron chi connectivity index (χ4n) is 4.53. The zero-order valence-corrected chi connectivity index (χ0v) is 19.5. The van der Waals surface area contributed by atoms with Gasteiger partial charge in [0.1, 0.15) is 12.1 Å². The van der Waals surface area contributed by atoms with E-state index in [1.807, 2.05) is 59.3 Å². The molecule has 1 aliphatic heterocycles. The van der Waals surface area contributed by atoms with Gasteiger partial charge in [0, 0.05) is 11.3 Å². The lowest BCUT2D eigenvalue weighted by Gasteiger charge is -2.22. The van der Waals surface area contributed by atoms with Crippen molar-refractivity contribution in [2.24, 2.45) is 0 Å². The van der Waals surface area contributed by atoms with Gasteiger partial charge in [-0.1, -0.05) is 36.4 Å². The summed E-state index contributed by atoms with van der Waals surface area (Å²) in [4.78, 5) is 39.6. The molecular formula is C26H23N7O3. The molecule has 2 fully saturated rings. The number of aromatic nitrogens is 4.